The number of benzene rings is 1. The number of hydrogen-bond acceptors (Lipinski definition) is 2. The Balaban J connectivity index is 1.55. The van der Waals surface area contributed by atoms with E-state index in [4.69, 9.17) is 16.3 Å². The molecular weight excluding hydrogens is 362 g/mol. The first kappa shape index (κ1) is 17.7. The standard InChI is InChI=1S/C19H21ClF2N2O2/c20-15-4-1-5-16-17(15)14(9-24(16)13-10-26-11-13)18(25)23-8-12-3-2-6-19(21,22)7-12/h1,4-5,9,12-13H,2-3,6-8,10-11H2,(H,23,25)/t12-/m0/s1. The quantitative estimate of drug-likeness (QED) is 0.850. The molecule has 4 rings (SSSR count). The summed E-state index contributed by atoms with van der Waals surface area (Å²) in [5.41, 5.74) is 1.38. The maximum absolute atomic E-state index is 13.6. The Morgan fingerprint density at radius 1 is 1.38 bits per heavy atom. The average Bonchev–Trinajstić information content (AvgIpc) is 2.91. The lowest BCUT2D eigenvalue weighted by molar-refractivity contribution is -0.0518. The molecule has 1 atom stereocenters. The van der Waals surface area contributed by atoms with Crippen molar-refractivity contribution < 1.29 is 18.3 Å². The first-order valence-corrected chi connectivity index (χ1v) is 9.35. The topological polar surface area (TPSA) is 43.3 Å². The summed E-state index contributed by atoms with van der Waals surface area (Å²) < 4.78 is 34.4. The van der Waals surface area contributed by atoms with Gasteiger partial charge < -0.3 is 14.6 Å². The number of aromatic nitrogens is 1. The molecule has 1 aromatic heterocycles. The zero-order valence-corrected chi connectivity index (χ0v) is 15.1. The molecule has 0 bridgehead atoms. The summed E-state index contributed by atoms with van der Waals surface area (Å²) in [5.74, 6) is -3.07. The van der Waals surface area contributed by atoms with Gasteiger partial charge in [0, 0.05) is 31.0 Å². The molecule has 140 valence electrons. The molecule has 4 nitrogen and oxygen atoms in total. The van der Waals surface area contributed by atoms with Gasteiger partial charge in [-0.2, -0.15) is 0 Å². The van der Waals surface area contributed by atoms with Crippen molar-refractivity contribution >= 4 is 28.4 Å². The summed E-state index contributed by atoms with van der Waals surface area (Å²) in [6.45, 7) is 1.47. The van der Waals surface area contributed by atoms with Crippen LogP contribution >= 0.6 is 11.6 Å². The molecule has 1 N–H and O–H groups in total. The molecule has 2 aromatic rings. The zero-order chi connectivity index (χ0) is 18.3. The van der Waals surface area contributed by atoms with Gasteiger partial charge in [0.2, 0.25) is 5.92 Å². The molecule has 1 amide bonds. The van der Waals surface area contributed by atoms with Gasteiger partial charge in [-0.15, -0.1) is 0 Å². The number of alkyl halides is 2. The molecule has 0 unspecified atom stereocenters. The number of amides is 1. The second-order valence-corrected chi connectivity index (χ2v) is 7.71. The minimum absolute atomic E-state index is 0.0516. The minimum atomic E-state index is -2.61. The lowest BCUT2D eigenvalue weighted by atomic mass is 9.86. The van der Waals surface area contributed by atoms with Gasteiger partial charge in [-0.05, 0) is 30.9 Å². The number of ether oxygens (including phenoxy) is 1. The van der Waals surface area contributed by atoms with Gasteiger partial charge in [0.05, 0.1) is 35.4 Å². The SMILES string of the molecule is O=C(NC[C@H]1CCCC(F)(F)C1)c1cn(C2COC2)c2cccc(Cl)c12. The van der Waals surface area contributed by atoms with E-state index in [0.29, 0.717) is 35.6 Å². The van der Waals surface area contributed by atoms with E-state index in [2.05, 4.69) is 5.32 Å². The van der Waals surface area contributed by atoms with Crippen LogP contribution in [0.15, 0.2) is 24.4 Å². The average molecular weight is 383 g/mol. The Kier molecular flexibility index (Phi) is 4.65. The largest absolute Gasteiger partial charge is 0.377 e. The number of carbonyl (C=O) groups excluding carboxylic acids is 1. The van der Waals surface area contributed by atoms with Crippen molar-refractivity contribution in [1.82, 2.24) is 9.88 Å². The summed E-state index contributed by atoms with van der Waals surface area (Å²) >= 11 is 6.35. The second-order valence-electron chi connectivity index (χ2n) is 7.30. The van der Waals surface area contributed by atoms with Crippen LogP contribution in [0.4, 0.5) is 8.78 Å². The number of fused-ring (bicyclic) bond motifs is 1. The van der Waals surface area contributed by atoms with E-state index in [1.54, 1.807) is 12.3 Å². The lowest BCUT2D eigenvalue weighted by Crippen LogP contribution is -2.35. The van der Waals surface area contributed by atoms with Gasteiger partial charge in [-0.1, -0.05) is 17.7 Å². The molecule has 0 spiro atoms. The van der Waals surface area contributed by atoms with E-state index in [1.165, 1.54) is 0 Å². The van der Waals surface area contributed by atoms with E-state index in [9.17, 15) is 13.6 Å². The zero-order valence-electron chi connectivity index (χ0n) is 14.3. The number of nitrogens with zero attached hydrogens (tertiary/aromatic N) is 1. The molecule has 1 saturated carbocycles. The third-order valence-corrected chi connectivity index (χ3v) is 5.67. The Morgan fingerprint density at radius 2 is 2.19 bits per heavy atom. The van der Waals surface area contributed by atoms with Crippen molar-refractivity contribution in [3.63, 3.8) is 0 Å². The van der Waals surface area contributed by atoms with E-state index in [0.717, 1.165) is 11.9 Å². The van der Waals surface area contributed by atoms with Crippen molar-refractivity contribution in [2.75, 3.05) is 19.8 Å². The second kappa shape index (κ2) is 6.82. The van der Waals surface area contributed by atoms with Crippen molar-refractivity contribution in [2.24, 2.45) is 5.92 Å². The number of halogens is 3. The normalized spacial score (nSPS) is 23.0. The molecular formula is C19H21ClF2N2O2. The summed E-state index contributed by atoms with van der Waals surface area (Å²) in [6, 6.07) is 5.73. The highest BCUT2D eigenvalue weighted by molar-refractivity contribution is 6.36. The van der Waals surface area contributed by atoms with Crippen LogP contribution in [0.25, 0.3) is 10.9 Å². The van der Waals surface area contributed by atoms with Crippen LogP contribution in [0, 0.1) is 5.92 Å². The Labute approximate surface area is 155 Å². The molecule has 7 heteroatoms. The summed E-state index contributed by atoms with van der Waals surface area (Å²) in [7, 11) is 0. The van der Waals surface area contributed by atoms with E-state index < -0.39 is 5.92 Å². The molecule has 2 aliphatic rings. The number of carbonyl (C=O) groups is 1. The highest BCUT2D eigenvalue weighted by atomic mass is 35.5. The molecule has 1 aromatic carbocycles. The predicted molar refractivity (Wildman–Crippen MR) is 96.0 cm³/mol. The molecule has 1 saturated heterocycles. The predicted octanol–water partition coefficient (Wildman–Crippen LogP) is 4.42. The highest BCUT2D eigenvalue weighted by Gasteiger charge is 2.36. The monoisotopic (exact) mass is 382 g/mol. The molecule has 26 heavy (non-hydrogen) atoms. The number of nitrogens with one attached hydrogen (secondary N) is 1. The first-order valence-electron chi connectivity index (χ1n) is 8.97. The van der Waals surface area contributed by atoms with Gasteiger partial charge in [-0.3, -0.25) is 4.79 Å². The van der Waals surface area contributed by atoms with E-state index in [1.807, 2.05) is 16.7 Å². The number of hydrogen-bond donors (Lipinski definition) is 1. The Bertz CT molecular complexity index is 832. The van der Waals surface area contributed by atoms with Gasteiger partial charge in [-0.25, -0.2) is 8.78 Å². The molecule has 1 aliphatic carbocycles. The Morgan fingerprint density at radius 3 is 2.88 bits per heavy atom. The van der Waals surface area contributed by atoms with Crippen LogP contribution in [-0.4, -0.2) is 36.2 Å². The first-order chi connectivity index (χ1) is 12.4. The molecule has 2 heterocycles. The highest BCUT2D eigenvalue weighted by Crippen LogP contribution is 2.36. The third-order valence-electron chi connectivity index (χ3n) is 5.36. The van der Waals surface area contributed by atoms with Gasteiger partial charge >= 0.3 is 0 Å². The van der Waals surface area contributed by atoms with Gasteiger partial charge in [0.25, 0.3) is 5.91 Å². The van der Waals surface area contributed by atoms with Crippen LogP contribution < -0.4 is 5.32 Å². The summed E-state index contributed by atoms with van der Waals surface area (Å²) in [5, 5.41) is 4.05. The fourth-order valence-corrected chi connectivity index (χ4v) is 4.18. The summed E-state index contributed by atoms with van der Waals surface area (Å²) in [6.07, 6.45) is 2.81. The van der Waals surface area contributed by atoms with Crippen LogP contribution in [0.3, 0.4) is 0 Å². The van der Waals surface area contributed by atoms with E-state index in [-0.39, 0.29) is 37.3 Å². The van der Waals surface area contributed by atoms with Crippen LogP contribution in [0.5, 0.6) is 0 Å². The van der Waals surface area contributed by atoms with Crippen molar-refractivity contribution in [3.05, 3.63) is 35.0 Å². The maximum Gasteiger partial charge on any atom is 0.253 e. The van der Waals surface area contributed by atoms with Crippen LogP contribution in [-0.2, 0) is 4.74 Å². The fraction of sp³-hybridized carbons (Fsp3) is 0.526. The molecule has 1 aliphatic heterocycles. The Hall–Kier alpha value is -1.66. The lowest BCUT2D eigenvalue weighted by Gasteiger charge is -2.29. The fourth-order valence-electron chi connectivity index (χ4n) is 3.91. The van der Waals surface area contributed by atoms with Gasteiger partial charge in [0.15, 0.2) is 0 Å². The van der Waals surface area contributed by atoms with Crippen molar-refractivity contribution in [1.29, 1.82) is 0 Å². The van der Waals surface area contributed by atoms with Gasteiger partial charge in [0.1, 0.15) is 0 Å². The smallest absolute Gasteiger partial charge is 0.253 e. The number of rotatable bonds is 4. The maximum atomic E-state index is 13.6. The summed E-state index contributed by atoms with van der Waals surface area (Å²) in [4.78, 5) is 12.8. The third kappa shape index (κ3) is 3.32. The molecule has 2 fully saturated rings. The van der Waals surface area contributed by atoms with Crippen LogP contribution in [0.2, 0.25) is 5.02 Å². The van der Waals surface area contributed by atoms with Crippen LogP contribution in [0.1, 0.15) is 42.1 Å². The van der Waals surface area contributed by atoms with Crippen molar-refractivity contribution in [3.8, 4) is 0 Å². The molecule has 0 radical (unpaired) electrons. The van der Waals surface area contributed by atoms with Crippen molar-refractivity contribution in [2.45, 2.75) is 37.6 Å². The minimum Gasteiger partial charge on any atom is -0.377 e. The van der Waals surface area contributed by atoms with E-state index >= 15 is 0 Å².